The van der Waals surface area contributed by atoms with Gasteiger partial charge in [-0.3, -0.25) is 23.7 Å². The summed E-state index contributed by atoms with van der Waals surface area (Å²) in [5.41, 5.74) is 5.41. The standard InChI is InChI=1S/C41H40Cl2N6O5/c1-54-38-25(19-44-21-27-9-11-35(50)46-27)8-10-33(47-38)32-7-3-6-31(37(32)43)30-5-2-4-29(36(30)42)24-14-17-49-34(18-24)45-20-26(39(49)51)22-48-23-41(40(52)53)15-12-28(48)13-16-41/h2-8,10,14,17-18,20,27-28,44H,9,11-13,15-16,19,21-23H2,1H3,(H,46,50)(H,52,53). The van der Waals surface area contributed by atoms with Crippen LogP contribution in [0.5, 0.6) is 5.88 Å². The number of carboxylic acids is 1. The van der Waals surface area contributed by atoms with Gasteiger partial charge in [-0.25, -0.2) is 9.97 Å². The molecule has 2 aromatic carbocycles. The van der Waals surface area contributed by atoms with E-state index in [1.165, 1.54) is 4.40 Å². The molecule has 0 spiro atoms. The van der Waals surface area contributed by atoms with Gasteiger partial charge >= 0.3 is 5.97 Å². The van der Waals surface area contributed by atoms with Crippen molar-refractivity contribution in [3.05, 3.63) is 105 Å². The van der Waals surface area contributed by atoms with E-state index < -0.39 is 11.4 Å². The van der Waals surface area contributed by atoms with Gasteiger partial charge in [0.05, 0.1) is 33.8 Å². The summed E-state index contributed by atoms with van der Waals surface area (Å²) in [6, 6.07) is 19.5. The smallest absolute Gasteiger partial charge is 0.310 e. The molecule has 54 heavy (non-hydrogen) atoms. The van der Waals surface area contributed by atoms with Gasteiger partial charge in [0.2, 0.25) is 11.8 Å². The van der Waals surface area contributed by atoms with Crippen molar-refractivity contribution < 1.29 is 19.4 Å². The molecule has 3 saturated heterocycles. The van der Waals surface area contributed by atoms with Crippen molar-refractivity contribution in [2.24, 2.45) is 5.41 Å². The largest absolute Gasteiger partial charge is 0.481 e. The molecule has 4 aliphatic rings. The van der Waals surface area contributed by atoms with Crippen molar-refractivity contribution in [1.82, 2.24) is 29.9 Å². The van der Waals surface area contributed by atoms with Gasteiger partial charge in [0.25, 0.3) is 5.56 Å². The number of piperidine rings is 2. The molecule has 278 valence electrons. The highest BCUT2D eigenvalue weighted by Crippen LogP contribution is 2.45. The molecule has 3 N–H and O–H groups in total. The summed E-state index contributed by atoms with van der Waals surface area (Å²) < 4.78 is 7.18. The number of amides is 1. The molecule has 4 fully saturated rings. The topological polar surface area (TPSA) is 138 Å². The van der Waals surface area contributed by atoms with E-state index in [-0.39, 0.29) is 23.6 Å². The lowest BCUT2D eigenvalue weighted by atomic mass is 9.67. The summed E-state index contributed by atoms with van der Waals surface area (Å²) >= 11 is 14.2. The van der Waals surface area contributed by atoms with Crippen LogP contribution in [0.2, 0.25) is 10.0 Å². The van der Waals surface area contributed by atoms with E-state index in [0.717, 1.165) is 52.6 Å². The maximum Gasteiger partial charge on any atom is 0.310 e. The third-order valence-corrected chi connectivity index (χ3v) is 12.2. The highest BCUT2D eigenvalue weighted by molar-refractivity contribution is 6.39. The highest BCUT2D eigenvalue weighted by atomic mass is 35.5. The number of fused-ring (bicyclic) bond motifs is 4. The number of nitrogens with one attached hydrogen (secondary N) is 2. The molecule has 5 aromatic rings. The number of hydrogen-bond donors (Lipinski definition) is 3. The van der Waals surface area contributed by atoms with Crippen molar-refractivity contribution in [2.45, 2.75) is 63.7 Å². The molecule has 6 heterocycles. The Hall–Kier alpha value is -4.81. The highest BCUT2D eigenvalue weighted by Gasteiger charge is 2.49. The number of hydrogen-bond acceptors (Lipinski definition) is 8. The summed E-state index contributed by atoms with van der Waals surface area (Å²) in [5.74, 6) is -0.172. The van der Waals surface area contributed by atoms with Gasteiger partial charge in [-0.2, -0.15) is 0 Å². The Kier molecular flexibility index (Phi) is 9.91. The van der Waals surface area contributed by atoms with Crippen LogP contribution in [0.15, 0.2) is 77.9 Å². The SMILES string of the molecule is COc1nc(-c2cccc(-c3cccc(-c4ccn5c(=O)c(CN6CC7(C(=O)O)CCC6CC7)cnc5c4)c3Cl)c2Cl)ccc1CNCC1CCC(=O)N1. The maximum atomic E-state index is 13.6. The number of rotatable bonds is 11. The van der Waals surface area contributed by atoms with Gasteiger partial charge in [-0.05, 0) is 55.9 Å². The number of benzene rings is 2. The van der Waals surface area contributed by atoms with Gasteiger partial charge in [0, 0.05) is 84.9 Å². The Balaban J connectivity index is 1.03. The number of carbonyl (C=O) groups excluding carboxylic acids is 1. The number of carboxylic acid groups (broad SMARTS) is 1. The number of carbonyl (C=O) groups is 2. The first-order valence-electron chi connectivity index (χ1n) is 18.2. The zero-order valence-electron chi connectivity index (χ0n) is 29.8. The van der Waals surface area contributed by atoms with Crippen LogP contribution in [0.3, 0.4) is 0 Å². The second kappa shape index (κ2) is 14.8. The summed E-state index contributed by atoms with van der Waals surface area (Å²) in [6.07, 6.45) is 7.74. The number of aromatic nitrogens is 3. The molecule has 3 aromatic heterocycles. The van der Waals surface area contributed by atoms with E-state index in [9.17, 15) is 19.5 Å². The third-order valence-electron chi connectivity index (χ3n) is 11.3. The van der Waals surface area contributed by atoms with Gasteiger partial charge in [-0.15, -0.1) is 0 Å². The minimum Gasteiger partial charge on any atom is -0.481 e. The minimum atomic E-state index is -0.745. The van der Waals surface area contributed by atoms with Gasteiger partial charge < -0.3 is 20.5 Å². The molecule has 2 bridgehead atoms. The van der Waals surface area contributed by atoms with Gasteiger partial charge in [0.15, 0.2) is 0 Å². The molecule has 1 unspecified atom stereocenters. The first-order chi connectivity index (χ1) is 26.1. The van der Waals surface area contributed by atoms with Crippen LogP contribution in [0.4, 0.5) is 0 Å². The van der Waals surface area contributed by atoms with Crippen LogP contribution in [-0.2, 0) is 22.7 Å². The lowest BCUT2D eigenvalue weighted by Crippen LogP contribution is -2.56. The lowest BCUT2D eigenvalue weighted by Gasteiger charge is -2.50. The van der Waals surface area contributed by atoms with Crippen molar-refractivity contribution in [3.63, 3.8) is 0 Å². The Labute approximate surface area is 322 Å². The van der Waals surface area contributed by atoms with E-state index in [0.29, 0.717) is 78.3 Å². The Morgan fingerprint density at radius 2 is 1.70 bits per heavy atom. The summed E-state index contributed by atoms with van der Waals surface area (Å²) in [7, 11) is 1.59. The number of pyridine rings is 2. The molecular weight excluding hydrogens is 727 g/mol. The number of methoxy groups -OCH3 is 1. The molecule has 9 rings (SSSR count). The molecule has 1 atom stereocenters. The van der Waals surface area contributed by atoms with E-state index in [1.807, 2.05) is 60.7 Å². The molecule has 11 nitrogen and oxygen atoms in total. The Morgan fingerprint density at radius 3 is 2.41 bits per heavy atom. The minimum absolute atomic E-state index is 0.0891. The normalized spacial score (nSPS) is 21.1. The summed E-state index contributed by atoms with van der Waals surface area (Å²) in [5, 5.41) is 17.3. The van der Waals surface area contributed by atoms with Crippen molar-refractivity contribution in [1.29, 1.82) is 0 Å². The van der Waals surface area contributed by atoms with E-state index in [2.05, 4.69) is 20.5 Å². The van der Waals surface area contributed by atoms with Crippen LogP contribution >= 0.6 is 23.2 Å². The van der Waals surface area contributed by atoms with Crippen LogP contribution in [-0.4, -0.2) is 68.5 Å². The molecule has 1 amide bonds. The van der Waals surface area contributed by atoms with Crippen LogP contribution in [0, 0.1) is 5.41 Å². The maximum absolute atomic E-state index is 13.6. The zero-order chi connectivity index (χ0) is 37.6. The van der Waals surface area contributed by atoms with Crippen molar-refractivity contribution in [2.75, 3.05) is 20.2 Å². The Morgan fingerprint density at radius 1 is 0.981 bits per heavy atom. The first-order valence-corrected chi connectivity index (χ1v) is 19.0. The average Bonchev–Trinajstić information content (AvgIpc) is 3.61. The average molecular weight is 768 g/mol. The quantitative estimate of drug-likeness (QED) is 0.136. The lowest BCUT2D eigenvalue weighted by molar-refractivity contribution is -0.160. The molecule has 1 aliphatic carbocycles. The molecule has 3 aliphatic heterocycles. The fourth-order valence-corrected chi connectivity index (χ4v) is 8.97. The second-order valence-corrected chi connectivity index (χ2v) is 15.3. The molecule has 13 heteroatoms. The van der Waals surface area contributed by atoms with Crippen LogP contribution < -0.4 is 20.9 Å². The van der Waals surface area contributed by atoms with Crippen molar-refractivity contribution >= 4 is 40.7 Å². The van der Waals surface area contributed by atoms with E-state index >= 15 is 0 Å². The van der Waals surface area contributed by atoms with Crippen LogP contribution in [0.25, 0.3) is 39.2 Å². The monoisotopic (exact) mass is 766 g/mol. The third kappa shape index (κ3) is 6.74. The first kappa shape index (κ1) is 36.2. The number of ether oxygens (including phenoxy) is 1. The number of nitrogens with zero attached hydrogens (tertiary/aromatic N) is 4. The van der Waals surface area contributed by atoms with E-state index in [1.54, 1.807) is 19.5 Å². The van der Waals surface area contributed by atoms with E-state index in [4.69, 9.17) is 32.9 Å². The Bertz CT molecular complexity index is 2340. The second-order valence-electron chi connectivity index (χ2n) is 14.6. The predicted molar refractivity (Wildman–Crippen MR) is 208 cm³/mol. The zero-order valence-corrected chi connectivity index (χ0v) is 31.3. The van der Waals surface area contributed by atoms with Crippen molar-refractivity contribution in [3.8, 4) is 39.4 Å². The summed E-state index contributed by atoms with van der Waals surface area (Å²) in [4.78, 5) is 48.9. The number of aliphatic carboxylic acids is 1. The van der Waals surface area contributed by atoms with Gasteiger partial charge in [0.1, 0.15) is 5.65 Å². The fraction of sp³-hybridized carbons (Fsp3) is 0.341. The fourth-order valence-electron chi connectivity index (χ4n) is 8.31. The number of halogens is 2. The van der Waals surface area contributed by atoms with Gasteiger partial charge in [-0.1, -0.05) is 65.7 Å². The molecule has 1 saturated carbocycles. The molecule has 0 radical (unpaired) electrons. The molecular formula is C41H40Cl2N6O5. The summed E-state index contributed by atoms with van der Waals surface area (Å²) in [6.45, 7) is 2.02. The van der Waals surface area contributed by atoms with Crippen LogP contribution in [0.1, 0.15) is 49.7 Å². The predicted octanol–water partition coefficient (Wildman–Crippen LogP) is 6.60.